The molecule has 0 spiro atoms. The summed E-state index contributed by atoms with van der Waals surface area (Å²) in [6.07, 6.45) is 6.25. The third-order valence-electron chi connectivity index (χ3n) is 4.86. The maximum atomic E-state index is 12.2. The quantitative estimate of drug-likeness (QED) is 0.594. The van der Waals surface area contributed by atoms with E-state index in [1.807, 2.05) is 0 Å². The number of nitrogens with one attached hydrogen (secondary N) is 1. The maximum Gasteiger partial charge on any atom is 0.269 e. The highest BCUT2D eigenvalue weighted by molar-refractivity contribution is 5.78. The van der Waals surface area contributed by atoms with E-state index in [1.165, 1.54) is 29.5 Å². The lowest BCUT2D eigenvalue weighted by Gasteiger charge is -2.11. The van der Waals surface area contributed by atoms with Gasteiger partial charge in [-0.25, -0.2) is 4.98 Å². The Kier molecular flexibility index (Phi) is 5.95. The van der Waals surface area contributed by atoms with Gasteiger partial charge in [0.2, 0.25) is 5.91 Å². The number of hydrogen-bond donors (Lipinski definition) is 1. The van der Waals surface area contributed by atoms with Gasteiger partial charge in [0.1, 0.15) is 0 Å². The molecular formula is C19H22N4O4. The number of amides is 1. The zero-order valence-corrected chi connectivity index (χ0v) is 15.0. The van der Waals surface area contributed by atoms with Crippen LogP contribution in [0.25, 0.3) is 0 Å². The Morgan fingerprint density at radius 1 is 1.26 bits per heavy atom. The molecule has 8 nitrogen and oxygen atoms in total. The first-order chi connectivity index (χ1) is 13.0. The number of aromatic nitrogens is 2. The van der Waals surface area contributed by atoms with Gasteiger partial charge in [0, 0.05) is 37.2 Å². The third-order valence-corrected chi connectivity index (χ3v) is 4.86. The molecular weight excluding hydrogens is 348 g/mol. The molecule has 142 valence electrons. The molecule has 1 aliphatic rings. The lowest BCUT2D eigenvalue weighted by Crippen LogP contribution is -2.32. The second-order valence-corrected chi connectivity index (χ2v) is 6.78. The SMILES string of the molecule is O=C(Cc1ccc([N+](=O)[O-])cc1)NCCn1cnc(C2CCCC2)cc1=O. The van der Waals surface area contributed by atoms with E-state index in [4.69, 9.17) is 0 Å². The molecule has 1 fully saturated rings. The van der Waals surface area contributed by atoms with Gasteiger partial charge < -0.3 is 5.32 Å². The molecule has 1 aliphatic carbocycles. The first-order valence-corrected chi connectivity index (χ1v) is 9.09. The van der Waals surface area contributed by atoms with Crippen molar-refractivity contribution in [3.05, 3.63) is 68.4 Å². The maximum absolute atomic E-state index is 12.2. The lowest BCUT2D eigenvalue weighted by atomic mass is 10.0. The van der Waals surface area contributed by atoms with Crippen LogP contribution in [-0.2, 0) is 17.8 Å². The van der Waals surface area contributed by atoms with Crippen LogP contribution in [0.4, 0.5) is 5.69 Å². The highest BCUT2D eigenvalue weighted by atomic mass is 16.6. The van der Waals surface area contributed by atoms with Crippen LogP contribution in [0.3, 0.4) is 0 Å². The summed E-state index contributed by atoms with van der Waals surface area (Å²) in [4.78, 5) is 38.7. The van der Waals surface area contributed by atoms with Gasteiger partial charge in [-0.2, -0.15) is 0 Å². The van der Waals surface area contributed by atoms with E-state index in [1.54, 1.807) is 24.5 Å². The van der Waals surface area contributed by atoms with Crippen molar-refractivity contribution in [2.24, 2.45) is 0 Å². The van der Waals surface area contributed by atoms with E-state index in [0.717, 1.165) is 18.5 Å². The fraction of sp³-hybridized carbons (Fsp3) is 0.421. The minimum Gasteiger partial charge on any atom is -0.354 e. The van der Waals surface area contributed by atoms with E-state index in [9.17, 15) is 19.7 Å². The van der Waals surface area contributed by atoms with E-state index in [0.29, 0.717) is 24.6 Å². The summed E-state index contributed by atoms with van der Waals surface area (Å²) >= 11 is 0. The number of nitro benzene ring substituents is 1. The molecule has 3 rings (SSSR count). The average Bonchev–Trinajstić information content (AvgIpc) is 3.18. The first-order valence-electron chi connectivity index (χ1n) is 9.09. The second kappa shape index (κ2) is 8.57. The fourth-order valence-corrected chi connectivity index (χ4v) is 3.35. The average molecular weight is 370 g/mol. The Hall–Kier alpha value is -3.03. The number of carbonyl (C=O) groups excluding carboxylic acids is 1. The molecule has 0 atom stereocenters. The van der Waals surface area contributed by atoms with Crippen molar-refractivity contribution in [1.82, 2.24) is 14.9 Å². The third kappa shape index (κ3) is 4.99. The minimum atomic E-state index is -0.479. The number of nitrogens with zero attached hydrogens (tertiary/aromatic N) is 3. The summed E-state index contributed by atoms with van der Waals surface area (Å²) in [6, 6.07) is 7.48. The Labute approximate surface area is 156 Å². The molecule has 0 bridgehead atoms. The van der Waals surface area contributed by atoms with Crippen molar-refractivity contribution >= 4 is 11.6 Å². The zero-order chi connectivity index (χ0) is 19.2. The fourth-order valence-electron chi connectivity index (χ4n) is 3.35. The number of rotatable bonds is 7. The van der Waals surface area contributed by atoms with Gasteiger partial charge >= 0.3 is 0 Å². The van der Waals surface area contributed by atoms with Crippen molar-refractivity contribution in [3.63, 3.8) is 0 Å². The van der Waals surface area contributed by atoms with Gasteiger partial charge in [0.25, 0.3) is 11.2 Å². The molecule has 1 aromatic heterocycles. The van der Waals surface area contributed by atoms with E-state index in [2.05, 4.69) is 10.3 Å². The minimum absolute atomic E-state index is 0.00733. The van der Waals surface area contributed by atoms with Crippen LogP contribution in [0.1, 0.15) is 42.9 Å². The van der Waals surface area contributed by atoms with E-state index in [-0.39, 0.29) is 23.6 Å². The van der Waals surface area contributed by atoms with Gasteiger partial charge in [-0.15, -0.1) is 0 Å². The summed E-state index contributed by atoms with van der Waals surface area (Å²) < 4.78 is 1.49. The standard InChI is InChI=1S/C19H22N4O4/c24-18(11-14-5-7-16(8-6-14)23(26)27)20-9-10-22-13-21-17(12-19(22)25)15-3-1-2-4-15/h5-8,12-13,15H,1-4,9-11H2,(H,20,24). The van der Waals surface area contributed by atoms with E-state index < -0.39 is 4.92 Å². The van der Waals surface area contributed by atoms with Gasteiger partial charge in [-0.05, 0) is 18.4 Å². The highest BCUT2D eigenvalue weighted by Gasteiger charge is 2.18. The Morgan fingerprint density at radius 2 is 1.96 bits per heavy atom. The predicted molar refractivity (Wildman–Crippen MR) is 99.5 cm³/mol. The molecule has 1 amide bonds. The smallest absolute Gasteiger partial charge is 0.269 e. The normalized spacial score (nSPS) is 14.2. The predicted octanol–water partition coefficient (Wildman–Crippen LogP) is 2.17. The lowest BCUT2D eigenvalue weighted by molar-refractivity contribution is -0.384. The van der Waals surface area contributed by atoms with Gasteiger partial charge in [-0.1, -0.05) is 25.0 Å². The molecule has 1 N–H and O–H groups in total. The monoisotopic (exact) mass is 370 g/mol. The molecule has 0 unspecified atom stereocenters. The number of non-ortho nitro benzene ring substituents is 1. The number of hydrogen-bond acceptors (Lipinski definition) is 5. The summed E-state index contributed by atoms with van der Waals surface area (Å²) in [5.74, 6) is 0.196. The van der Waals surface area contributed by atoms with Crippen LogP contribution >= 0.6 is 0 Å². The van der Waals surface area contributed by atoms with Crippen molar-refractivity contribution < 1.29 is 9.72 Å². The van der Waals surface area contributed by atoms with Crippen molar-refractivity contribution in [2.45, 2.75) is 44.6 Å². The number of carbonyl (C=O) groups is 1. The molecule has 27 heavy (non-hydrogen) atoms. The molecule has 0 radical (unpaired) electrons. The Bertz CT molecular complexity index is 870. The van der Waals surface area contributed by atoms with Crippen LogP contribution in [0.5, 0.6) is 0 Å². The molecule has 1 aromatic carbocycles. The summed E-state index contributed by atoms with van der Waals surface area (Å²) in [5, 5.41) is 13.4. The molecule has 0 saturated heterocycles. The Balaban J connectivity index is 1.48. The summed E-state index contributed by atoms with van der Waals surface area (Å²) in [6.45, 7) is 0.666. The van der Waals surface area contributed by atoms with Crippen LogP contribution in [0.15, 0.2) is 41.5 Å². The van der Waals surface area contributed by atoms with Gasteiger partial charge in [0.05, 0.1) is 23.4 Å². The largest absolute Gasteiger partial charge is 0.354 e. The van der Waals surface area contributed by atoms with Gasteiger partial charge in [0.15, 0.2) is 0 Å². The van der Waals surface area contributed by atoms with E-state index >= 15 is 0 Å². The number of nitro groups is 1. The van der Waals surface area contributed by atoms with Crippen molar-refractivity contribution in [1.29, 1.82) is 0 Å². The van der Waals surface area contributed by atoms with Crippen LogP contribution in [0, 0.1) is 10.1 Å². The molecule has 1 heterocycles. The molecule has 8 heteroatoms. The van der Waals surface area contributed by atoms with Crippen LogP contribution in [-0.4, -0.2) is 26.9 Å². The Morgan fingerprint density at radius 3 is 2.59 bits per heavy atom. The second-order valence-electron chi connectivity index (χ2n) is 6.78. The van der Waals surface area contributed by atoms with Crippen LogP contribution in [0.2, 0.25) is 0 Å². The zero-order valence-electron chi connectivity index (χ0n) is 15.0. The molecule has 1 saturated carbocycles. The van der Waals surface area contributed by atoms with Gasteiger partial charge in [-0.3, -0.25) is 24.3 Å². The first kappa shape index (κ1) is 18.8. The topological polar surface area (TPSA) is 107 Å². The van der Waals surface area contributed by atoms with Crippen molar-refractivity contribution in [3.8, 4) is 0 Å². The summed E-state index contributed by atoms with van der Waals surface area (Å²) in [7, 11) is 0. The van der Waals surface area contributed by atoms with Crippen molar-refractivity contribution in [2.75, 3.05) is 6.54 Å². The molecule has 2 aromatic rings. The summed E-state index contributed by atoms with van der Waals surface area (Å²) in [5.41, 5.74) is 1.46. The number of benzene rings is 1. The van der Waals surface area contributed by atoms with Crippen LogP contribution < -0.4 is 10.9 Å². The molecule has 0 aliphatic heterocycles. The highest BCUT2D eigenvalue weighted by Crippen LogP contribution is 2.32.